The molecule has 0 N–H and O–H groups in total. The number of thiazole rings is 1. The van der Waals surface area contributed by atoms with Gasteiger partial charge in [0, 0.05) is 15.8 Å². The lowest BCUT2D eigenvalue weighted by atomic mass is 10.1. The number of hydrogen-bond acceptors (Lipinski definition) is 5. The van der Waals surface area contributed by atoms with Gasteiger partial charge in [-0.05, 0) is 31.2 Å². The Balaban J connectivity index is 1.90. The molecule has 2 aromatic rings. The minimum absolute atomic E-state index is 0.126. The number of rotatable bonds is 3. The summed E-state index contributed by atoms with van der Waals surface area (Å²) in [6.07, 6.45) is 1.79. The van der Waals surface area contributed by atoms with Crippen molar-refractivity contribution in [1.82, 2.24) is 4.98 Å². The third-order valence-electron chi connectivity index (χ3n) is 3.06. The Bertz CT molecular complexity index is 560. The van der Waals surface area contributed by atoms with Crippen LogP contribution in [0.25, 0.3) is 10.6 Å². The molecular weight excluding hydrogens is 266 g/mol. The minimum Gasteiger partial charge on any atom is -0.465 e. The Labute approximate surface area is 113 Å². The van der Waals surface area contributed by atoms with Crippen LogP contribution in [0.2, 0.25) is 0 Å². The summed E-state index contributed by atoms with van der Waals surface area (Å²) in [5, 5.41) is 5.16. The van der Waals surface area contributed by atoms with E-state index in [0.717, 1.165) is 29.1 Å². The molecule has 94 valence electrons. The third-order valence-corrected chi connectivity index (χ3v) is 4.92. The normalized spacial score (nSPS) is 17.7. The van der Waals surface area contributed by atoms with Crippen molar-refractivity contribution in [1.29, 1.82) is 0 Å². The van der Waals surface area contributed by atoms with Crippen molar-refractivity contribution in [3.63, 3.8) is 0 Å². The van der Waals surface area contributed by atoms with Crippen molar-refractivity contribution in [2.45, 2.75) is 25.7 Å². The number of ether oxygens (including phenoxy) is 1. The van der Waals surface area contributed by atoms with Gasteiger partial charge in [0.1, 0.15) is 10.9 Å². The molecule has 0 fully saturated rings. The first kappa shape index (κ1) is 11.9. The van der Waals surface area contributed by atoms with E-state index in [1.54, 1.807) is 22.7 Å². The number of thiophene rings is 1. The Hall–Kier alpha value is -1.20. The van der Waals surface area contributed by atoms with E-state index in [1.807, 2.05) is 12.3 Å². The molecule has 18 heavy (non-hydrogen) atoms. The Morgan fingerprint density at radius 1 is 1.61 bits per heavy atom. The van der Waals surface area contributed by atoms with E-state index < -0.39 is 0 Å². The lowest BCUT2D eigenvalue weighted by molar-refractivity contribution is -0.145. The maximum atomic E-state index is 11.8. The number of carbonyl (C=O) groups is 1. The summed E-state index contributed by atoms with van der Waals surface area (Å²) < 4.78 is 5.11. The topological polar surface area (TPSA) is 39.2 Å². The molecule has 0 bridgehead atoms. The second-order valence-corrected chi connectivity index (χ2v) is 6.05. The molecule has 0 saturated carbocycles. The van der Waals surface area contributed by atoms with Gasteiger partial charge in [0.25, 0.3) is 0 Å². The summed E-state index contributed by atoms with van der Waals surface area (Å²) in [5.41, 5.74) is 2.10. The molecule has 0 spiro atoms. The first-order valence-corrected chi connectivity index (χ1v) is 7.74. The second kappa shape index (κ2) is 4.82. The summed E-state index contributed by atoms with van der Waals surface area (Å²) in [7, 11) is 0. The number of carbonyl (C=O) groups excluding carboxylic acids is 1. The molecule has 1 unspecified atom stereocenters. The zero-order valence-electron chi connectivity index (χ0n) is 10.0. The molecule has 0 aromatic carbocycles. The van der Waals surface area contributed by atoms with Gasteiger partial charge in [0.2, 0.25) is 0 Å². The number of aromatic nitrogens is 1. The maximum absolute atomic E-state index is 11.8. The zero-order chi connectivity index (χ0) is 12.5. The van der Waals surface area contributed by atoms with Crippen LogP contribution in [0.5, 0.6) is 0 Å². The lowest BCUT2D eigenvalue weighted by Crippen LogP contribution is -2.14. The van der Waals surface area contributed by atoms with Crippen LogP contribution in [0, 0.1) is 0 Å². The Kier molecular flexibility index (Phi) is 3.18. The van der Waals surface area contributed by atoms with Gasteiger partial charge < -0.3 is 4.74 Å². The van der Waals surface area contributed by atoms with Gasteiger partial charge in [-0.1, -0.05) is 0 Å². The summed E-state index contributed by atoms with van der Waals surface area (Å²) in [5.74, 6) is -0.276. The highest BCUT2D eigenvalue weighted by molar-refractivity contribution is 7.15. The monoisotopic (exact) mass is 279 g/mol. The van der Waals surface area contributed by atoms with E-state index in [-0.39, 0.29) is 11.9 Å². The quantitative estimate of drug-likeness (QED) is 0.808. The predicted octanol–water partition coefficient (Wildman–Crippen LogP) is 3.46. The molecule has 1 aliphatic rings. The number of nitrogens with zero attached hydrogens (tertiary/aromatic N) is 1. The van der Waals surface area contributed by atoms with Gasteiger partial charge in [-0.3, -0.25) is 4.79 Å². The highest BCUT2D eigenvalue weighted by Gasteiger charge is 2.33. The molecule has 5 heteroatoms. The van der Waals surface area contributed by atoms with E-state index in [1.165, 1.54) is 4.88 Å². The van der Waals surface area contributed by atoms with Crippen LogP contribution in [0.4, 0.5) is 0 Å². The van der Waals surface area contributed by atoms with Crippen LogP contribution in [-0.4, -0.2) is 17.6 Å². The molecule has 1 atom stereocenters. The SMILES string of the molecule is CCOC(=O)C1CCc2sc(-c3ccsc3)nc21. The molecule has 2 aromatic heterocycles. The predicted molar refractivity (Wildman–Crippen MR) is 73.1 cm³/mol. The molecular formula is C13H13NO2S2. The van der Waals surface area contributed by atoms with Crippen LogP contribution < -0.4 is 0 Å². The van der Waals surface area contributed by atoms with E-state index in [0.29, 0.717) is 6.61 Å². The highest BCUT2D eigenvalue weighted by atomic mass is 32.1. The third kappa shape index (κ3) is 1.97. The molecule has 3 nitrogen and oxygen atoms in total. The van der Waals surface area contributed by atoms with E-state index in [9.17, 15) is 4.79 Å². The standard InChI is InChI=1S/C13H13NO2S2/c1-2-16-13(15)9-3-4-10-11(9)14-12(18-10)8-5-6-17-7-8/h5-7,9H,2-4H2,1H3. The van der Waals surface area contributed by atoms with Crippen molar-refractivity contribution in [3.05, 3.63) is 27.4 Å². The molecule has 0 saturated heterocycles. The fraction of sp³-hybridized carbons (Fsp3) is 0.385. The molecule has 2 heterocycles. The first-order valence-electron chi connectivity index (χ1n) is 5.98. The number of aryl methyl sites for hydroxylation is 1. The van der Waals surface area contributed by atoms with Crippen LogP contribution in [-0.2, 0) is 16.0 Å². The molecule has 0 amide bonds. The van der Waals surface area contributed by atoms with E-state index in [4.69, 9.17) is 4.74 Å². The minimum atomic E-state index is -0.149. The van der Waals surface area contributed by atoms with Crippen molar-refractivity contribution >= 4 is 28.6 Å². The van der Waals surface area contributed by atoms with Crippen molar-refractivity contribution in [3.8, 4) is 10.6 Å². The average molecular weight is 279 g/mol. The van der Waals surface area contributed by atoms with E-state index in [2.05, 4.69) is 16.4 Å². The average Bonchev–Trinajstić information content (AvgIpc) is 3.04. The second-order valence-electron chi connectivity index (χ2n) is 4.18. The summed E-state index contributed by atoms with van der Waals surface area (Å²) in [6.45, 7) is 2.28. The first-order chi connectivity index (χ1) is 8.79. The molecule has 3 rings (SSSR count). The highest BCUT2D eigenvalue weighted by Crippen LogP contribution is 2.40. The van der Waals surface area contributed by atoms with Crippen molar-refractivity contribution in [2.75, 3.05) is 6.61 Å². The summed E-state index contributed by atoms with van der Waals surface area (Å²) >= 11 is 3.37. The maximum Gasteiger partial charge on any atom is 0.315 e. The van der Waals surface area contributed by atoms with Crippen LogP contribution in [0.1, 0.15) is 29.8 Å². The summed E-state index contributed by atoms with van der Waals surface area (Å²) in [4.78, 5) is 17.7. The van der Waals surface area contributed by atoms with Gasteiger partial charge in [-0.25, -0.2) is 4.98 Å². The Morgan fingerprint density at radius 2 is 2.50 bits per heavy atom. The van der Waals surface area contributed by atoms with Gasteiger partial charge in [0.15, 0.2) is 0 Å². The van der Waals surface area contributed by atoms with E-state index >= 15 is 0 Å². The zero-order valence-corrected chi connectivity index (χ0v) is 11.6. The molecule has 0 radical (unpaired) electrons. The van der Waals surface area contributed by atoms with Crippen LogP contribution in [0.3, 0.4) is 0 Å². The van der Waals surface area contributed by atoms with Crippen LogP contribution >= 0.6 is 22.7 Å². The van der Waals surface area contributed by atoms with Gasteiger partial charge in [0.05, 0.1) is 12.3 Å². The fourth-order valence-corrected chi connectivity index (χ4v) is 4.06. The number of fused-ring (bicyclic) bond motifs is 1. The fourth-order valence-electron chi connectivity index (χ4n) is 2.21. The van der Waals surface area contributed by atoms with Crippen molar-refractivity contribution in [2.24, 2.45) is 0 Å². The molecule has 0 aliphatic heterocycles. The Morgan fingerprint density at radius 3 is 3.22 bits per heavy atom. The largest absolute Gasteiger partial charge is 0.465 e. The van der Waals surface area contributed by atoms with Crippen LogP contribution in [0.15, 0.2) is 16.8 Å². The van der Waals surface area contributed by atoms with Crippen molar-refractivity contribution < 1.29 is 9.53 Å². The summed E-state index contributed by atoms with van der Waals surface area (Å²) in [6, 6.07) is 2.07. The van der Waals surface area contributed by atoms with Gasteiger partial charge >= 0.3 is 5.97 Å². The lowest BCUT2D eigenvalue weighted by Gasteiger charge is -2.07. The molecule has 1 aliphatic carbocycles. The van der Waals surface area contributed by atoms with Gasteiger partial charge in [-0.2, -0.15) is 11.3 Å². The smallest absolute Gasteiger partial charge is 0.315 e. The number of hydrogen-bond donors (Lipinski definition) is 0. The van der Waals surface area contributed by atoms with Gasteiger partial charge in [-0.15, -0.1) is 11.3 Å². The number of esters is 1.